The molecule has 0 spiro atoms. The smallest absolute Gasteiger partial charge is 0.335 e. The maximum absolute atomic E-state index is 11.1. The topological polar surface area (TPSA) is 46.5 Å². The lowest BCUT2D eigenvalue weighted by Crippen LogP contribution is -2.36. The Kier molecular flexibility index (Phi) is 3.71. The first-order valence-electron chi connectivity index (χ1n) is 4.13. The molecule has 0 aliphatic rings. The Morgan fingerprint density at radius 1 is 1.33 bits per heavy atom. The van der Waals surface area contributed by atoms with Crippen LogP contribution in [0.15, 0.2) is 0 Å². The van der Waals surface area contributed by atoms with Crippen molar-refractivity contribution in [2.75, 3.05) is 0 Å². The number of aliphatic hydroxyl groups excluding tert-OH is 1. The molecule has 0 radical (unpaired) electrons. The third-order valence-corrected chi connectivity index (χ3v) is 1.40. The molecule has 0 fully saturated rings. The number of carbonyl (C=O) groups is 1. The molecule has 0 aliphatic carbocycles. The molecule has 3 heteroatoms. The van der Waals surface area contributed by atoms with Crippen LogP contribution in [0.2, 0.25) is 0 Å². The Morgan fingerprint density at radius 2 is 1.75 bits per heavy atom. The van der Waals surface area contributed by atoms with Crippen LogP contribution < -0.4 is 0 Å². The fourth-order valence-electron chi connectivity index (χ4n) is 0.650. The SMILES string of the molecule is CC(C)OC(=O)[C@H](O)C(C)(C)C. The van der Waals surface area contributed by atoms with Gasteiger partial charge in [0, 0.05) is 0 Å². The van der Waals surface area contributed by atoms with Gasteiger partial charge in [-0.3, -0.25) is 0 Å². The van der Waals surface area contributed by atoms with Gasteiger partial charge in [0.25, 0.3) is 0 Å². The Hall–Kier alpha value is -0.570. The monoisotopic (exact) mass is 174 g/mol. The molecule has 1 atom stereocenters. The van der Waals surface area contributed by atoms with Crippen molar-refractivity contribution in [3.8, 4) is 0 Å². The highest BCUT2D eigenvalue weighted by Gasteiger charge is 2.30. The van der Waals surface area contributed by atoms with E-state index in [-0.39, 0.29) is 6.10 Å². The van der Waals surface area contributed by atoms with Crippen LogP contribution in [0.4, 0.5) is 0 Å². The lowest BCUT2D eigenvalue weighted by molar-refractivity contribution is -0.163. The van der Waals surface area contributed by atoms with E-state index in [4.69, 9.17) is 4.74 Å². The third-order valence-electron chi connectivity index (χ3n) is 1.40. The van der Waals surface area contributed by atoms with Crippen LogP contribution in [0.5, 0.6) is 0 Å². The summed E-state index contributed by atoms with van der Waals surface area (Å²) in [5.74, 6) is -0.544. The van der Waals surface area contributed by atoms with E-state index in [0.29, 0.717) is 0 Å². The van der Waals surface area contributed by atoms with Crippen LogP contribution in [0, 0.1) is 5.41 Å². The molecular weight excluding hydrogens is 156 g/mol. The summed E-state index contributed by atoms with van der Waals surface area (Å²) in [5, 5.41) is 9.43. The average molecular weight is 174 g/mol. The molecule has 1 N–H and O–H groups in total. The first-order valence-corrected chi connectivity index (χ1v) is 4.13. The molecular formula is C9H18O3. The van der Waals surface area contributed by atoms with Gasteiger partial charge in [-0.05, 0) is 19.3 Å². The van der Waals surface area contributed by atoms with Crippen molar-refractivity contribution in [2.24, 2.45) is 5.41 Å². The Morgan fingerprint density at radius 3 is 2.00 bits per heavy atom. The molecule has 12 heavy (non-hydrogen) atoms. The Balaban J connectivity index is 4.12. The fraction of sp³-hybridized carbons (Fsp3) is 0.889. The van der Waals surface area contributed by atoms with Crippen molar-refractivity contribution >= 4 is 5.97 Å². The van der Waals surface area contributed by atoms with Crippen molar-refractivity contribution in [3.05, 3.63) is 0 Å². The highest BCUT2D eigenvalue weighted by Crippen LogP contribution is 2.20. The van der Waals surface area contributed by atoms with Crippen molar-refractivity contribution in [1.82, 2.24) is 0 Å². The van der Waals surface area contributed by atoms with Gasteiger partial charge < -0.3 is 9.84 Å². The van der Waals surface area contributed by atoms with Gasteiger partial charge >= 0.3 is 5.97 Å². The maximum atomic E-state index is 11.1. The Bertz CT molecular complexity index is 156. The second kappa shape index (κ2) is 3.90. The summed E-state index contributed by atoms with van der Waals surface area (Å²) in [6.07, 6.45) is -1.21. The maximum Gasteiger partial charge on any atom is 0.335 e. The predicted molar refractivity (Wildman–Crippen MR) is 46.7 cm³/mol. The molecule has 0 amide bonds. The highest BCUT2D eigenvalue weighted by atomic mass is 16.6. The summed E-state index contributed by atoms with van der Waals surface area (Å²) in [6.45, 7) is 8.89. The van der Waals surface area contributed by atoms with Crippen LogP contribution in [0.25, 0.3) is 0 Å². The summed E-state index contributed by atoms with van der Waals surface area (Å²) in [5.41, 5.74) is -0.452. The van der Waals surface area contributed by atoms with Gasteiger partial charge in [-0.1, -0.05) is 20.8 Å². The van der Waals surface area contributed by atoms with Gasteiger partial charge in [0.1, 0.15) is 0 Å². The van der Waals surface area contributed by atoms with Gasteiger partial charge in [0.05, 0.1) is 6.10 Å². The van der Waals surface area contributed by atoms with Crippen molar-refractivity contribution in [1.29, 1.82) is 0 Å². The number of carbonyl (C=O) groups excluding carboxylic acids is 1. The zero-order chi connectivity index (χ0) is 9.94. The van der Waals surface area contributed by atoms with Crippen LogP contribution in [-0.4, -0.2) is 23.3 Å². The number of hydrogen-bond donors (Lipinski definition) is 1. The van der Waals surface area contributed by atoms with E-state index >= 15 is 0 Å². The van der Waals surface area contributed by atoms with E-state index < -0.39 is 17.5 Å². The van der Waals surface area contributed by atoms with Crippen molar-refractivity contribution < 1.29 is 14.6 Å². The first kappa shape index (κ1) is 11.4. The van der Waals surface area contributed by atoms with E-state index in [2.05, 4.69) is 0 Å². The molecule has 0 bridgehead atoms. The summed E-state index contributed by atoms with van der Waals surface area (Å²) in [4.78, 5) is 11.1. The van der Waals surface area contributed by atoms with E-state index in [0.717, 1.165) is 0 Å². The first-order chi connectivity index (χ1) is 5.25. The molecule has 0 aromatic carbocycles. The van der Waals surface area contributed by atoms with Crippen LogP contribution in [0.3, 0.4) is 0 Å². The van der Waals surface area contributed by atoms with Gasteiger partial charge in [0.2, 0.25) is 0 Å². The minimum atomic E-state index is -1.04. The molecule has 0 rings (SSSR count). The Labute approximate surface area is 73.7 Å². The molecule has 0 aromatic heterocycles. The minimum absolute atomic E-state index is 0.172. The molecule has 0 aromatic rings. The molecule has 0 aliphatic heterocycles. The fourth-order valence-corrected chi connectivity index (χ4v) is 0.650. The number of hydrogen-bond acceptors (Lipinski definition) is 3. The van der Waals surface area contributed by atoms with E-state index in [1.165, 1.54) is 0 Å². The molecule has 0 unspecified atom stereocenters. The second-order valence-electron chi connectivity index (χ2n) is 4.25. The largest absolute Gasteiger partial charge is 0.461 e. The molecule has 0 heterocycles. The molecule has 72 valence electrons. The predicted octanol–water partition coefficient (Wildman–Crippen LogP) is 1.34. The van der Waals surface area contributed by atoms with E-state index in [1.54, 1.807) is 34.6 Å². The number of ether oxygens (including phenoxy) is 1. The quantitative estimate of drug-likeness (QED) is 0.643. The lowest BCUT2D eigenvalue weighted by atomic mass is 9.89. The summed E-state index contributed by atoms with van der Waals surface area (Å²) < 4.78 is 4.85. The summed E-state index contributed by atoms with van der Waals surface area (Å²) >= 11 is 0. The average Bonchev–Trinajstić information content (AvgIpc) is 1.82. The van der Waals surface area contributed by atoms with Gasteiger partial charge in [-0.25, -0.2) is 4.79 Å². The zero-order valence-electron chi connectivity index (χ0n) is 8.42. The van der Waals surface area contributed by atoms with Gasteiger partial charge in [0.15, 0.2) is 6.10 Å². The number of aliphatic hydroxyl groups is 1. The van der Waals surface area contributed by atoms with Crippen molar-refractivity contribution in [2.45, 2.75) is 46.8 Å². The van der Waals surface area contributed by atoms with Gasteiger partial charge in [-0.15, -0.1) is 0 Å². The molecule has 3 nitrogen and oxygen atoms in total. The van der Waals surface area contributed by atoms with Gasteiger partial charge in [-0.2, -0.15) is 0 Å². The summed E-state index contributed by atoms with van der Waals surface area (Å²) in [6, 6.07) is 0. The highest BCUT2D eigenvalue weighted by molar-refractivity contribution is 5.75. The number of rotatable bonds is 2. The minimum Gasteiger partial charge on any atom is -0.461 e. The van der Waals surface area contributed by atoms with Crippen molar-refractivity contribution in [3.63, 3.8) is 0 Å². The molecule has 0 saturated heterocycles. The molecule has 0 saturated carbocycles. The van der Waals surface area contributed by atoms with Crippen LogP contribution >= 0.6 is 0 Å². The number of esters is 1. The van der Waals surface area contributed by atoms with Crippen LogP contribution in [-0.2, 0) is 9.53 Å². The second-order valence-corrected chi connectivity index (χ2v) is 4.25. The zero-order valence-corrected chi connectivity index (χ0v) is 8.42. The van der Waals surface area contributed by atoms with Crippen LogP contribution in [0.1, 0.15) is 34.6 Å². The lowest BCUT2D eigenvalue weighted by Gasteiger charge is -2.24. The van der Waals surface area contributed by atoms with E-state index in [9.17, 15) is 9.90 Å². The normalized spacial score (nSPS) is 14.6. The van der Waals surface area contributed by atoms with E-state index in [1.807, 2.05) is 0 Å². The summed E-state index contributed by atoms with van der Waals surface area (Å²) in [7, 11) is 0. The standard InChI is InChI=1S/C9H18O3/c1-6(2)12-8(11)7(10)9(3,4)5/h6-7,10H,1-5H3/t7-/m0/s1. The third kappa shape index (κ3) is 3.72.